The van der Waals surface area contributed by atoms with Crippen LogP contribution in [0.2, 0.25) is 0 Å². The summed E-state index contributed by atoms with van der Waals surface area (Å²) in [5, 5.41) is 1.13. The highest BCUT2D eigenvalue weighted by Gasteiger charge is 2.19. The summed E-state index contributed by atoms with van der Waals surface area (Å²) in [6.45, 7) is 2.12. The Morgan fingerprint density at radius 3 is 2.52 bits per heavy atom. The summed E-state index contributed by atoms with van der Waals surface area (Å²) in [6.07, 6.45) is 7.82. The highest BCUT2D eigenvalue weighted by atomic mass is 15.2. The fraction of sp³-hybridized carbons (Fsp3) is 0.235. The molecule has 3 aromatic rings. The van der Waals surface area contributed by atoms with Crippen molar-refractivity contribution in [3.8, 4) is 11.3 Å². The van der Waals surface area contributed by atoms with Gasteiger partial charge in [0.2, 0.25) is 0 Å². The van der Waals surface area contributed by atoms with Crippen LogP contribution in [0.1, 0.15) is 12.8 Å². The Morgan fingerprint density at radius 2 is 1.62 bits per heavy atom. The molecule has 3 heterocycles. The molecular formula is C17H16N4. The number of nitrogens with zero attached hydrogens (tertiary/aromatic N) is 4. The molecule has 0 spiro atoms. The van der Waals surface area contributed by atoms with Gasteiger partial charge in [0.05, 0.1) is 5.52 Å². The molecule has 0 aliphatic carbocycles. The molecule has 4 rings (SSSR count). The molecule has 1 aliphatic heterocycles. The topological polar surface area (TPSA) is 41.9 Å². The lowest BCUT2D eigenvalue weighted by atomic mass is 10.1. The van der Waals surface area contributed by atoms with Gasteiger partial charge in [0, 0.05) is 42.6 Å². The molecule has 0 bridgehead atoms. The highest BCUT2D eigenvalue weighted by molar-refractivity contribution is 5.95. The molecule has 2 aromatic heterocycles. The number of fused-ring (bicyclic) bond motifs is 1. The van der Waals surface area contributed by atoms with E-state index in [4.69, 9.17) is 0 Å². The lowest BCUT2D eigenvalue weighted by molar-refractivity contribution is 0.929. The predicted molar refractivity (Wildman–Crippen MR) is 84.2 cm³/mol. The number of hydrogen-bond acceptors (Lipinski definition) is 4. The molecular weight excluding hydrogens is 260 g/mol. The smallest absolute Gasteiger partial charge is 0.155 e. The van der Waals surface area contributed by atoms with Crippen molar-refractivity contribution >= 4 is 16.7 Å². The van der Waals surface area contributed by atoms with Crippen molar-refractivity contribution < 1.29 is 0 Å². The van der Waals surface area contributed by atoms with Crippen molar-refractivity contribution in [2.24, 2.45) is 0 Å². The summed E-state index contributed by atoms with van der Waals surface area (Å²) in [5.74, 6) is 0.980. The first-order valence-electron chi connectivity index (χ1n) is 7.33. The monoisotopic (exact) mass is 276 g/mol. The zero-order chi connectivity index (χ0) is 14.1. The van der Waals surface area contributed by atoms with E-state index >= 15 is 0 Å². The Morgan fingerprint density at radius 1 is 0.810 bits per heavy atom. The van der Waals surface area contributed by atoms with Crippen molar-refractivity contribution in [2.45, 2.75) is 12.8 Å². The second-order valence-electron chi connectivity index (χ2n) is 5.30. The Balaban J connectivity index is 1.93. The number of para-hydroxylation sites is 1. The van der Waals surface area contributed by atoms with Gasteiger partial charge >= 0.3 is 0 Å². The Labute approximate surface area is 123 Å². The zero-order valence-electron chi connectivity index (χ0n) is 11.7. The molecule has 1 saturated heterocycles. The molecule has 1 fully saturated rings. The van der Waals surface area contributed by atoms with Crippen LogP contribution in [0, 0.1) is 0 Å². The normalized spacial score (nSPS) is 14.8. The molecule has 0 radical (unpaired) electrons. The maximum atomic E-state index is 4.60. The van der Waals surface area contributed by atoms with E-state index in [0.29, 0.717) is 0 Å². The van der Waals surface area contributed by atoms with Crippen LogP contribution >= 0.6 is 0 Å². The van der Waals surface area contributed by atoms with E-state index in [1.807, 2.05) is 12.3 Å². The first-order chi connectivity index (χ1) is 10.4. The predicted octanol–water partition coefficient (Wildman–Crippen LogP) is 3.29. The molecule has 21 heavy (non-hydrogen) atoms. The first kappa shape index (κ1) is 12.3. The number of benzene rings is 1. The summed E-state index contributed by atoms with van der Waals surface area (Å²) in [4.78, 5) is 16.0. The van der Waals surface area contributed by atoms with Crippen LogP contribution in [0.3, 0.4) is 0 Å². The summed E-state index contributed by atoms with van der Waals surface area (Å²) >= 11 is 0. The third-order valence-electron chi connectivity index (χ3n) is 3.97. The van der Waals surface area contributed by atoms with Gasteiger partial charge < -0.3 is 4.90 Å². The average Bonchev–Trinajstić information content (AvgIpc) is 3.09. The van der Waals surface area contributed by atoms with E-state index in [1.54, 1.807) is 12.4 Å². The minimum atomic E-state index is 0.934. The van der Waals surface area contributed by atoms with Crippen LogP contribution in [-0.2, 0) is 0 Å². The van der Waals surface area contributed by atoms with E-state index in [-0.39, 0.29) is 0 Å². The number of rotatable bonds is 2. The van der Waals surface area contributed by atoms with Crippen molar-refractivity contribution in [3.05, 3.63) is 48.9 Å². The molecule has 0 unspecified atom stereocenters. The molecule has 4 nitrogen and oxygen atoms in total. The van der Waals surface area contributed by atoms with Crippen LogP contribution in [-0.4, -0.2) is 28.0 Å². The SMILES string of the molecule is c1cnc2c(-c3nccnc3N3CCCC3)cccc2c1. The van der Waals surface area contributed by atoms with Crippen molar-refractivity contribution in [1.29, 1.82) is 0 Å². The molecule has 1 aliphatic rings. The van der Waals surface area contributed by atoms with Gasteiger partial charge in [0.25, 0.3) is 0 Å². The summed E-state index contributed by atoms with van der Waals surface area (Å²) in [5.41, 5.74) is 2.98. The van der Waals surface area contributed by atoms with E-state index in [2.05, 4.69) is 44.1 Å². The number of aromatic nitrogens is 3. The largest absolute Gasteiger partial charge is 0.355 e. The van der Waals surface area contributed by atoms with E-state index in [9.17, 15) is 0 Å². The Kier molecular flexibility index (Phi) is 2.99. The number of hydrogen-bond donors (Lipinski definition) is 0. The van der Waals surface area contributed by atoms with Gasteiger partial charge in [-0.05, 0) is 18.9 Å². The second-order valence-corrected chi connectivity index (χ2v) is 5.30. The Hall–Kier alpha value is -2.49. The van der Waals surface area contributed by atoms with Crippen molar-refractivity contribution in [3.63, 3.8) is 0 Å². The molecule has 0 atom stereocenters. The second kappa shape index (κ2) is 5.13. The first-order valence-corrected chi connectivity index (χ1v) is 7.33. The number of anilines is 1. The third-order valence-corrected chi connectivity index (χ3v) is 3.97. The zero-order valence-corrected chi connectivity index (χ0v) is 11.7. The van der Waals surface area contributed by atoms with Gasteiger partial charge in [-0.15, -0.1) is 0 Å². The number of pyridine rings is 1. The third kappa shape index (κ3) is 2.13. The maximum absolute atomic E-state index is 4.60. The standard InChI is InChI=1S/C17H16N4/c1-2-12-21(11-1)17-16(19-9-10-20-17)14-7-3-5-13-6-4-8-18-15(13)14/h3-10H,1-2,11-12H2. The average molecular weight is 276 g/mol. The maximum Gasteiger partial charge on any atom is 0.155 e. The van der Waals surface area contributed by atoms with Gasteiger partial charge in [-0.1, -0.05) is 24.3 Å². The lowest BCUT2D eigenvalue weighted by Crippen LogP contribution is -2.20. The van der Waals surface area contributed by atoms with Crippen LogP contribution < -0.4 is 4.90 Å². The van der Waals surface area contributed by atoms with Crippen molar-refractivity contribution in [1.82, 2.24) is 15.0 Å². The quantitative estimate of drug-likeness (QED) is 0.720. The highest BCUT2D eigenvalue weighted by Crippen LogP contribution is 2.32. The van der Waals surface area contributed by atoms with E-state index < -0.39 is 0 Å². The fourth-order valence-corrected chi connectivity index (χ4v) is 2.98. The van der Waals surface area contributed by atoms with Crippen LogP contribution in [0.25, 0.3) is 22.2 Å². The Bertz CT molecular complexity index is 773. The van der Waals surface area contributed by atoms with Gasteiger partial charge in [0.15, 0.2) is 5.82 Å². The fourth-order valence-electron chi connectivity index (χ4n) is 2.98. The van der Waals surface area contributed by atoms with Crippen LogP contribution in [0.5, 0.6) is 0 Å². The van der Waals surface area contributed by atoms with E-state index in [1.165, 1.54) is 12.8 Å². The van der Waals surface area contributed by atoms with Gasteiger partial charge in [0.1, 0.15) is 5.69 Å². The van der Waals surface area contributed by atoms with Gasteiger partial charge in [-0.3, -0.25) is 9.97 Å². The van der Waals surface area contributed by atoms with Crippen LogP contribution in [0.15, 0.2) is 48.9 Å². The summed E-state index contributed by atoms with van der Waals surface area (Å²) in [6, 6.07) is 10.3. The van der Waals surface area contributed by atoms with E-state index in [0.717, 1.165) is 41.1 Å². The molecule has 0 amide bonds. The van der Waals surface area contributed by atoms with Crippen LogP contribution in [0.4, 0.5) is 5.82 Å². The minimum absolute atomic E-state index is 0.934. The van der Waals surface area contributed by atoms with Gasteiger partial charge in [-0.25, -0.2) is 4.98 Å². The molecule has 104 valence electrons. The molecule has 4 heteroatoms. The minimum Gasteiger partial charge on any atom is -0.355 e. The van der Waals surface area contributed by atoms with Crippen molar-refractivity contribution in [2.75, 3.05) is 18.0 Å². The molecule has 0 saturated carbocycles. The summed E-state index contributed by atoms with van der Waals surface area (Å²) < 4.78 is 0. The van der Waals surface area contributed by atoms with Gasteiger partial charge in [-0.2, -0.15) is 0 Å². The summed E-state index contributed by atoms with van der Waals surface area (Å²) in [7, 11) is 0. The molecule has 1 aromatic carbocycles. The molecule has 0 N–H and O–H groups in total. The lowest BCUT2D eigenvalue weighted by Gasteiger charge is -2.19.